The van der Waals surface area contributed by atoms with E-state index in [0.717, 1.165) is 66.1 Å². The topological polar surface area (TPSA) is 98.0 Å². The Balaban J connectivity index is 1.48. The minimum Gasteiger partial charge on any atom is -0.490 e. The number of nitrogens with two attached hydrogens (primary N) is 2. The van der Waals surface area contributed by atoms with Crippen LogP contribution in [0.4, 0.5) is 11.4 Å². The standard InChI is InChI=1S/C27H36ClN7O2/c1-18-5-4-6-19(28)26(18)24(32(2)3)16-34-22-14-25(37-12-9-33-7-10-36-11-8-33)20(29)13-21(22)35-17-31-15-23(35)27(34)30/h4-6,13-15,17,24,27H,7-12,16,29-30H2,1-3H3. The normalized spacial score (nSPS) is 18.5. The number of aromatic nitrogens is 2. The molecule has 5 rings (SSSR count). The molecule has 2 unspecified atom stereocenters. The molecule has 198 valence electrons. The van der Waals surface area contributed by atoms with Crippen molar-refractivity contribution >= 4 is 23.0 Å². The number of rotatable bonds is 8. The number of fused-ring (bicyclic) bond motifs is 3. The molecule has 10 heteroatoms. The number of aryl methyl sites for hydroxylation is 1. The first kappa shape index (κ1) is 25.8. The quantitative estimate of drug-likeness (QED) is 0.433. The highest BCUT2D eigenvalue weighted by Crippen LogP contribution is 2.43. The maximum absolute atomic E-state index is 6.86. The fourth-order valence-corrected chi connectivity index (χ4v) is 5.59. The van der Waals surface area contributed by atoms with Crippen molar-refractivity contribution in [3.63, 3.8) is 0 Å². The monoisotopic (exact) mass is 525 g/mol. The van der Waals surface area contributed by atoms with Crippen LogP contribution in [0.5, 0.6) is 5.75 Å². The van der Waals surface area contributed by atoms with Crippen molar-refractivity contribution in [2.45, 2.75) is 19.1 Å². The van der Waals surface area contributed by atoms with Crippen molar-refractivity contribution in [1.29, 1.82) is 0 Å². The van der Waals surface area contributed by atoms with E-state index in [9.17, 15) is 0 Å². The number of halogens is 1. The predicted octanol–water partition coefficient (Wildman–Crippen LogP) is 3.21. The number of likely N-dealkylation sites (N-methyl/N-ethyl adjacent to an activating group) is 1. The minimum absolute atomic E-state index is 0.00492. The van der Waals surface area contributed by atoms with Gasteiger partial charge in [-0.05, 0) is 44.3 Å². The van der Waals surface area contributed by atoms with Crippen molar-refractivity contribution in [3.8, 4) is 11.4 Å². The van der Waals surface area contributed by atoms with E-state index in [-0.39, 0.29) is 6.04 Å². The van der Waals surface area contributed by atoms with Crippen LogP contribution < -0.4 is 21.1 Å². The van der Waals surface area contributed by atoms with Crippen LogP contribution in [0.2, 0.25) is 5.02 Å². The van der Waals surface area contributed by atoms with E-state index in [1.54, 1.807) is 6.33 Å². The van der Waals surface area contributed by atoms with Crippen molar-refractivity contribution < 1.29 is 9.47 Å². The molecule has 2 aliphatic rings. The van der Waals surface area contributed by atoms with E-state index in [4.69, 9.17) is 32.5 Å². The molecule has 0 bridgehead atoms. The molecule has 1 fully saturated rings. The van der Waals surface area contributed by atoms with Crippen LogP contribution in [0.15, 0.2) is 42.9 Å². The maximum atomic E-state index is 6.86. The second-order valence-electron chi connectivity index (χ2n) is 9.92. The SMILES string of the molecule is Cc1cccc(Cl)c1C(CN1c2cc(OCCN3CCOCC3)c(N)cc2-n2cncc2C1N)N(C)C. The van der Waals surface area contributed by atoms with Gasteiger partial charge >= 0.3 is 0 Å². The van der Waals surface area contributed by atoms with Crippen LogP contribution in [-0.4, -0.2) is 79.4 Å². The van der Waals surface area contributed by atoms with Gasteiger partial charge in [-0.15, -0.1) is 0 Å². The maximum Gasteiger partial charge on any atom is 0.144 e. The lowest BCUT2D eigenvalue weighted by Crippen LogP contribution is -2.44. The lowest BCUT2D eigenvalue weighted by Gasteiger charge is -2.41. The first-order valence-electron chi connectivity index (χ1n) is 12.7. The molecule has 2 aromatic carbocycles. The Morgan fingerprint density at radius 2 is 2.00 bits per heavy atom. The number of nitrogen functional groups attached to an aromatic ring is 1. The minimum atomic E-state index is -0.398. The molecular formula is C27H36ClN7O2. The van der Waals surface area contributed by atoms with Gasteiger partial charge < -0.3 is 30.7 Å². The molecule has 0 saturated carbocycles. The molecule has 0 spiro atoms. The van der Waals surface area contributed by atoms with E-state index >= 15 is 0 Å². The van der Waals surface area contributed by atoms with Gasteiger partial charge in [0.1, 0.15) is 18.5 Å². The average molecular weight is 526 g/mol. The van der Waals surface area contributed by atoms with Crippen LogP contribution in [0.25, 0.3) is 5.69 Å². The fourth-order valence-electron chi connectivity index (χ4n) is 5.24. The molecular weight excluding hydrogens is 490 g/mol. The first-order chi connectivity index (χ1) is 17.8. The van der Waals surface area contributed by atoms with Crippen molar-refractivity contribution in [2.75, 3.05) is 70.7 Å². The molecule has 0 aliphatic carbocycles. The summed E-state index contributed by atoms with van der Waals surface area (Å²) in [7, 11) is 4.13. The largest absolute Gasteiger partial charge is 0.490 e. The van der Waals surface area contributed by atoms with Crippen LogP contribution in [0.1, 0.15) is 29.0 Å². The average Bonchev–Trinajstić information content (AvgIpc) is 3.37. The Labute approximate surface area is 223 Å². The number of ether oxygens (including phenoxy) is 2. The van der Waals surface area contributed by atoms with E-state index in [1.165, 1.54) is 0 Å². The zero-order valence-corrected chi connectivity index (χ0v) is 22.5. The van der Waals surface area contributed by atoms with Gasteiger partial charge in [0.25, 0.3) is 0 Å². The predicted molar refractivity (Wildman–Crippen MR) is 148 cm³/mol. The first-order valence-corrected chi connectivity index (χ1v) is 13.1. The summed E-state index contributed by atoms with van der Waals surface area (Å²) in [6.45, 7) is 7.45. The molecule has 37 heavy (non-hydrogen) atoms. The molecule has 0 radical (unpaired) electrons. The van der Waals surface area contributed by atoms with E-state index < -0.39 is 6.17 Å². The number of nitrogens with zero attached hydrogens (tertiary/aromatic N) is 5. The van der Waals surface area contributed by atoms with Crippen molar-refractivity contribution in [1.82, 2.24) is 19.4 Å². The summed E-state index contributed by atoms with van der Waals surface area (Å²) in [6, 6.07) is 10.00. The molecule has 1 aromatic heterocycles. The Hall–Kier alpha value is -2.82. The van der Waals surface area contributed by atoms with Gasteiger partial charge in [-0.1, -0.05) is 23.7 Å². The van der Waals surface area contributed by atoms with Crippen LogP contribution in [0, 0.1) is 6.92 Å². The molecule has 1 saturated heterocycles. The number of imidazole rings is 1. The highest BCUT2D eigenvalue weighted by Gasteiger charge is 2.33. The number of morpholine rings is 1. The Morgan fingerprint density at radius 1 is 1.22 bits per heavy atom. The van der Waals surface area contributed by atoms with Crippen LogP contribution >= 0.6 is 11.6 Å². The van der Waals surface area contributed by atoms with Gasteiger partial charge in [-0.3, -0.25) is 9.47 Å². The summed E-state index contributed by atoms with van der Waals surface area (Å²) in [5.41, 5.74) is 19.0. The zero-order chi connectivity index (χ0) is 26.1. The highest BCUT2D eigenvalue weighted by molar-refractivity contribution is 6.31. The van der Waals surface area contributed by atoms with E-state index in [0.29, 0.717) is 24.6 Å². The Bertz CT molecular complexity index is 1220. The van der Waals surface area contributed by atoms with Gasteiger partial charge in [0.2, 0.25) is 0 Å². The Morgan fingerprint density at radius 3 is 2.73 bits per heavy atom. The van der Waals surface area contributed by atoms with Crippen LogP contribution in [0.3, 0.4) is 0 Å². The smallest absolute Gasteiger partial charge is 0.144 e. The van der Waals surface area contributed by atoms with Crippen molar-refractivity contribution in [3.05, 3.63) is 64.7 Å². The summed E-state index contributed by atoms with van der Waals surface area (Å²) in [5.74, 6) is 0.656. The summed E-state index contributed by atoms with van der Waals surface area (Å²) >= 11 is 6.71. The third-order valence-corrected chi connectivity index (χ3v) is 7.68. The van der Waals surface area contributed by atoms with E-state index in [1.807, 2.05) is 35.0 Å². The number of hydrogen-bond donors (Lipinski definition) is 2. The third kappa shape index (κ3) is 5.15. The summed E-state index contributed by atoms with van der Waals surface area (Å²) in [5, 5.41) is 0.749. The molecule has 2 atom stereocenters. The summed E-state index contributed by atoms with van der Waals surface area (Å²) < 4.78 is 13.7. The lowest BCUT2D eigenvalue weighted by atomic mass is 9.98. The second kappa shape index (κ2) is 10.9. The van der Waals surface area contributed by atoms with Gasteiger partial charge in [-0.2, -0.15) is 0 Å². The lowest BCUT2D eigenvalue weighted by molar-refractivity contribution is 0.0323. The van der Waals surface area contributed by atoms with Gasteiger partial charge in [0, 0.05) is 37.3 Å². The second-order valence-corrected chi connectivity index (χ2v) is 10.3. The van der Waals surface area contributed by atoms with Crippen molar-refractivity contribution in [2.24, 2.45) is 5.73 Å². The number of anilines is 2. The number of hydrogen-bond acceptors (Lipinski definition) is 8. The molecule has 0 amide bonds. The molecule has 2 aliphatic heterocycles. The van der Waals surface area contributed by atoms with Gasteiger partial charge in [0.05, 0.1) is 54.5 Å². The zero-order valence-electron chi connectivity index (χ0n) is 21.7. The Kier molecular flexibility index (Phi) is 7.60. The highest BCUT2D eigenvalue weighted by atomic mass is 35.5. The number of benzene rings is 2. The summed E-state index contributed by atoms with van der Waals surface area (Å²) in [4.78, 5) is 11.1. The molecule has 3 aromatic rings. The fraction of sp³-hybridized carbons (Fsp3) is 0.444. The third-order valence-electron chi connectivity index (χ3n) is 7.35. The van der Waals surface area contributed by atoms with Crippen LogP contribution in [-0.2, 0) is 4.74 Å². The van der Waals surface area contributed by atoms with E-state index in [2.05, 4.69) is 46.8 Å². The summed E-state index contributed by atoms with van der Waals surface area (Å²) in [6.07, 6.45) is 3.20. The molecule has 9 nitrogen and oxygen atoms in total. The van der Waals surface area contributed by atoms with Gasteiger partial charge in [0.15, 0.2) is 0 Å². The molecule has 4 N–H and O–H groups in total. The van der Waals surface area contributed by atoms with Gasteiger partial charge in [-0.25, -0.2) is 4.98 Å². The molecule has 3 heterocycles.